The number of rotatable bonds is 7. The maximum absolute atomic E-state index is 13.8. The van der Waals surface area contributed by atoms with E-state index in [2.05, 4.69) is 5.32 Å². The summed E-state index contributed by atoms with van der Waals surface area (Å²) in [4.78, 5) is 43.9. The molecule has 3 N–H and O–H groups in total. The van der Waals surface area contributed by atoms with E-state index < -0.39 is 34.7 Å². The number of benzene rings is 2. The highest BCUT2D eigenvalue weighted by Crippen LogP contribution is 2.40. The van der Waals surface area contributed by atoms with Crippen molar-refractivity contribution in [3.63, 3.8) is 0 Å². The molecule has 0 aromatic heterocycles. The molecule has 2 aromatic rings. The van der Waals surface area contributed by atoms with Crippen LogP contribution in [0.4, 0.5) is 0 Å². The highest BCUT2D eigenvalue weighted by atomic mass is 32.2. The van der Waals surface area contributed by atoms with Crippen molar-refractivity contribution in [3.05, 3.63) is 65.2 Å². The molecule has 2 aliphatic rings. The third kappa shape index (κ3) is 6.13. The molecule has 204 valence electrons. The van der Waals surface area contributed by atoms with Crippen LogP contribution in [-0.4, -0.2) is 91.1 Å². The molecule has 3 atom stereocenters. The van der Waals surface area contributed by atoms with Crippen LogP contribution in [0.2, 0.25) is 0 Å². The average Bonchev–Trinajstić information content (AvgIpc) is 3.24. The van der Waals surface area contributed by atoms with Crippen LogP contribution in [-0.2, 0) is 16.0 Å². The van der Waals surface area contributed by atoms with Crippen LogP contribution in [0.25, 0.3) is 0 Å². The summed E-state index contributed by atoms with van der Waals surface area (Å²) in [5.41, 5.74) is 1.51. The van der Waals surface area contributed by atoms with Gasteiger partial charge in [0.1, 0.15) is 11.8 Å². The Hall–Kier alpha value is -2.69. The van der Waals surface area contributed by atoms with Gasteiger partial charge < -0.3 is 25.3 Å². The minimum atomic E-state index is -1.57. The predicted octanol–water partition coefficient (Wildman–Crippen LogP) is 2.66. The van der Waals surface area contributed by atoms with Gasteiger partial charge in [-0.05, 0) is 44.9 Å². The highest BCUT2D eigenvalue weighted by molar-refractivity contribution is 8.01. The normalized spacial score (nSPS) is 20.6. The first-order chi connectivity index (χ1) is 18.1. The van der Waals surface area contributed by atoms with E-state index in [1.807, 2.05) is 49.1 Å². The SMILES string of the molecule is Cc1c(O)cccc1C(=O)N[C@@H](Cc1ccccc1)[C@H](O)C(=O)N1CSC(C)(C)[C@@H]1C(=O)N1CCSCC1. The van der Waals surface area contributed by atoms with Gasteiger partial charge in [-0.2, -0.15) is 11.8 Å². The molecule has 38 heavy (non-hydrogen) atoms. The summed E-state index contributed by atoms with van der Waals surface area (Å²) in [6, 6.07) is 12.3. The van der Waals surface area contributed by atoms with Crippen molar-refractivity contribution in [3.8, 4) is 5.75 Å². The van der Waals surface area contributed by atoms with Gasteiger partial charge in [-0.3, -0.25) is 14.4 Å². The number of aliphatic hydroxyl groups is 1. The minimum absolute atomic E-state index is 0.0114. The summed E-state index contributed by atoms with van der Waals surface area (Å²) in [5.74, 6) is 0.814. The van der Waals surface area contributed by atoms with Gasteiger partial charge in [0.2, 0.25) is 5.91 Å². The molecule has 0 saturated carbocycles. The van der Waals surface area contributed by atoms with Crippen LogP contribution in [0.15, 0.2) is 48.5 Å². The van der Waals surface area contributed by atoms with Gasteiger partial charge in [-0.25, -0.2) is 0 Å². The Morgan fingerprint density at radius 1 is 1.08 bits per heavy atom. The van der Waals surface area contributed by atoms with E-state index in [0.717, 1.165) is 17.1 Å². The summed E-state index contributed by atoms with van der Waals surface area (Å²) >= 11 is 3.32. The highest BCUT2D eigenvalue weighted by Gasteiger charge is 2.51. The predicted molar refractivity (Wildman–Crippen MR) is 151 cm³/mol. The second-order valence-corrected chi connectivity index (χ2v) is 13.0. The molecular formula is C28H35N3O5S2. The van der Waals surface area contributed by atoms with E-state index in [0.29, 0.717) is 18.7 Å². The Bertz CT molecular complexity index is 1170. The molecule has 0 radical (unpaired) electrons. The van der Waals surface area contributed by atoms with Gasteiger partial charge in [-0.1, -0.05) is 36.4 Å². The molecule has 0 bridgehead atoms. The van der Waals surface area contributed by atoms with Gasteiger partial charge >= 0.3 is 0 Å². The molecule has 2 heterocycles. The molecule has 2 saturated heterocycles. The lowest BCUT2D eigenvalue weighted by atomic mass is 9.96. The van der Waals surface area contributed by atoms with Crippen LogP contribution in [0.5, 0.6) is 5.75 Å². The Morgan fingerprint density at radius 3 is 2.45 bits per heavy atom. The summed E-state index contributed by atoms with van der Waals surface area (Å²) in [6.45, 7) is 6.82. The van der Waals surface area contributed by atoms with Crippen molar-refractivity contribution in [2.24, 2.45) is 0 Å². The number of aliphatic hydroxyl groups excluding tert-OH is 1. The van der Waals surface area contributed by atoms with Gasteiger partial charge in [0, 0.05) is 40.5 Å². The number of nitrogens with one attached hydrogen (secondary N) is 1. The molecule has 0 spiro atoms. The third-order valence-electron chi connectivity index (χ3n) is 7.18. The second-order valence-electron chi connectivity index (χ2n) is 10.2. The number of nitrogens with zero attached hydrogens (tertiary/aromatic N) is 2. The van der Waals surface area contributed by atoms with Gasteiger partial charge in [0.15, 0.2) is 6.10 Å². The van der Waals surface area contributed by atoms with Crippen LogP contribution in [0.1, 0.15) is 35.3 Å². The lowest BCUT2D eigenvalue weighted by molar-refractivity contribution is -0.150. The number of phenols is 1. The first kappa shape index (κ1) is 28.3. The first-order valence-corrected chi connectivity index (χ1v) is 14.9. The maximum atomic E-state index is 13.8. The topological polar surface area (TPSA) is 110 Å². The number of aromatic hydroxyl groups is 1. The first-order valence-electron chi connectivity index (χ1n) is 12.7. The number of carbonyl (C=O) groups is 3. The number of carbonyl (C=O) groups excluding carboxylic acids is 3. The quantitative estimate of drug-likeness (QED) is 0.480. The van der Waals surface area contributed by atoms with Crippen molar-refractivity contribution < 1.29 is 24.6 Å². The summed E-state index contributed by atoms with van der Waals surface area (Å²) in [5, 5.41) is 24.3. The molecule has 2 fully saturated rings. The van der Waals surface area contributed by atoms with Crippen molar-refractivity contribution in [2.45, 2.75) is 50.1 Å². The number of phenolic OH excluding ortho intramolecular Hbond substituents is 1. The Labute approximate surface area is 232 Å². The maximum Gasteiger partial charge on any atom is 0.254 e. The van der Waals surface area contributed by atoms with Crippen molar-refractivity contribution in [1.29, 1.82) is 0 Å². The van der Waals surface area contributed by atoms with Crippen molar-refractivity contribution in [1.82, 2.24) is 15.1 Å². The van der Waals surface area contributed by atoms with E-state index in [1.165, 1.54) is 22.7 Å². The molecule has 8 nitrogen and oxygen atoms in total. The van der Waals surface area contributed by atoms with E-state index >= 15 is 0 Å². The van der Waals surface area contributed by atoms with E-state index in [-0.39, 0.29) is 29.5 Å². The largest absolute Gasteiger partial charge is 0.508 e. The lowest BCUT2D eigenvalue weighted by Crippen LogP contribution is -2.60. The minimum Gasteiger partial charge on any atom is -0.508 e. The summed E-state index contributed by atoms with van der Waals surface area (Å²) in [6.07, 6.45) is -1.36. The van der Waals surface area contributed by atoms with Crippen molar-refractivity contribution >= 4 is 41.2 Å². The fourth-order valence-electron chi connectivity index (χ4n) is 4.91. The Morgan fingerprint density at radius 2 is 1.76 bits per heavy atom. The molecule has 4 rings (SSSR count). The van der Waals surface area contributed by atoms with Crippen LogP contribution in [0.3, 0.4) is 0 Å². The zero-order valence-electron chi connectivity index (χ0n) is 21.9. The smallest absolute Gasteiger partial charge is 0.254 e. The monoisotopic (exact) mass is 557 g/mol. The summed E-state index contributed by atoms with van der Waals surface area (Å²) in [7, 11) is 0. The van der Waals surface area contributed by atoms with Gasteiger partial charge in [0.25, 0.3) is 11.8 Å². The number of thioether (sulfide) groups is 2. The van der Waals surface area contributed by atoms with Gasteiger partial charge in [0.05, 0.1) is 11.9 Å². The Kier molecular flexibility index (Phi) is 8.95. The summed E-state index contributed by atoms with van der Waals surface area (Å²) < 4.78 is -0.520. The van der Waals surface area contributed by atoms with Crippen LogP contribution < -0.4 is 5.32 Å². The number of hydrogen-bond donors (Lipinski definition) is 3. The van der Waals surface area contributed by atoms with E-state index in [4.69, 9.17) is 0 Å². The average molecular weight is 558 g/mol. The van der Waals surface area contributed by atoms with Gasteiger partial charge in [-0.15, -0.1) is 11.8 Å². The number of amides is 3. The molecule has 0 unspecified atom stereocenters. The molecular weight excluding hydrogens is 522 g/mol. The standard InChI is InChI=1S/C28H35N3O5S2/c1-18-20(10-7-11-22(18)32)25(34)29-21(16-19-8-5-4-6-9-19)23(33)26(35)31-17-38-28(2,3)24(31)27(36)30-12-14-37-15-13-30/h4-11,21,23-24,32-33H,12-17H2,1-3H3,(H,29,34)/t21-,23-,24-/m0/s1. The second kappa shape index (κ2) is 12.0. The molecule has 3 amide bonds. The van der Waals surface area contributed by atoms with E-state index in [9.17, 15) is 24.6 Å². The Balaban J connectivity index is 1.59. The lowest BCUT2D eigenvalue weighted by Gasteiger charge is -2.37. The molecule has 2 aliphatic heterocycles. The molecule has 0 aliphatic carbocycles. The van der Waals surface area contributed by atoms with Crippen molar-refractivity contribution in [2.75, 3.05) is 30.5 Å². The molecule has 10 heteroatoms. The number of hydrogen-bond acceptors (Lipinski definition) is 7. The zero-order valence-corrected chi connectivity index (χ0v) is 23.6. The fraction of sp³-hybridized carbons (Fsp3) is 0.464. The zero-order chi connectivity index (χ0) is 27.4. The van der Waals surface area contributed by atoms with E-state index in [1.54, 1.807) is 30.8 Å². The fourth-order valence-corrected chi connectivity index (χ4v) is 6.95. The third-order valence-corrected chi connectivity index (χ3v) is 9.50. The van der Waals surface area contributed by atoms with Crippen LogP contribution >= 0.6 is 23.5 Å². The van der Waals surface area contributed by atoms with Crippen LogP contribution in [0, 0.1) is 6.92 Å². The molecule has 2 aromatic carbocycles.